The molecule has 4 heteroatoms. The summed E-state index contributed by atoms with van der Waals surface area (Å²) in [6.45, 7) is 7.35. The smallest absolute Gasteiger partial charge is 0.238 e. The second-order valence-electron chi connectivity index (χ2n) is 5.56. The predicted octanol–water partition coefficient (Wildman–Crippen LogP) is 1.55. The third-order valence-corrected chi connectivity index (χ3v) is 4.08. The molecule has 0 aromatic heterocycles. The molecule has 1 aliphatic rings. The quantitative estimate of drug-likeness (QED) is 0.899. The maximum absolute atomic E-state index is 12.6. The fraction of sp³-hybridized carbons (Fsp3) is 0.533. The van der Waals surface area contributed by atoms with Crippen LogP contribution in [0.2, 0.25) is 0 Å². The standard InChI is InChI=1S/C15H22N2O2/c1-10-5-12(3)13(6-11(10)2)17(4)14(18)15(7-16)8-19-9-15/h5-6H,7-9,16H2,1-4H3. The number of rotatable bonds is 3. The number of carbonyl (C=O) groups is 1. The summed E-state index contributed by atoms with van der Waals surface area (Å²) in [4.78, 5) is 14.3. The van der Waals surface area contributed by atoms with E-state index in [1.165, 1.54) is 11.1 Å². The number of hydrogen-bond acceptors (Lipinski definition) is 3. The molecule has 1 heterocycles. The second kappa shape index (κ2) is 4.94. The van der Waals surface area contributed by atoms with Crippen molar-refractivity contribution >= 4 is 11.6 Å². The highest BCUT2D eigenvalue weighted by atomic mass is 16.5. The number of amides is 1. The predicted molar refractivity (Wildman–Crippen MR) is 76.4 cm³/mol. The van der Waals surface area contributed by atoms with Crippen molar-refractivity contribution in [3.8, 4) is 0 Å². The van der Waals surface area contributed by atoms with E-state index in [9.17, 15) is 4.79 Å². The molecule has 1 aromatic rings. The number of benzene rings is 1. The minimum Gasteiger partial charge on any atom is -0.379 e. The van der Waals surface area contributed by atoms with Crippen LogP contribution in [0.4, 0.5) is 5.69 Å². The average molecular weight is 262 g/mol. The topological polar surface area (TPSA) is 55.6 Å². The molecule has 0 spiro atoms. The van der Waals surface area contributed by atoms with Crippen LogP contribution in [0.1, 0.15) is 16.7 Å². The molecule has 19 heavy (non-hydrogen) atoms. The van der Waals surface area contributed by atoms with Crippen molar-refractivity contribution < 1.29 is 9.53 Å². The Morgan fingerprint density at radius 3 is 2.32 bits per heavy atom. The van der Waals surface area contributed by atoms with Gasteiger partial charge in [-0.2, -0.15) is 0 Å². The lowest BCUT2D eigenvalue weighted by Crippen LogP contribution is -2.58. The lowest BCUT2D eigenvalue weighted by Gasteiger charge is -2.41. The van der Waals surface area contributed by atoms with Crippen LogP contribution in [-0.2, 0) is 9.53 Å². The van der Waals surface area contributed by atoms with E-state index in [-0.39, 0.29) is 5.91 Å². The Morgan fingerprint density at radius 2 is 1.84 bits per heavy atom. The van der Waals surface area contributed by atoms with Crippen LogP contribution < -0.4 is 10.6 Å². The van der Waals surface area contributed by atoms with Crippen molar-refractivity contribution in [2.24, 2.45) is 11.1 Å². The van der Waals surface area contributed by atoms with Crippen molar-refractivity contribution in [2.45, 2.75) is 20.8 Å². The minimum atomic E-state index is -0.528. The third kappa shape index (κ3) is 2.26. The first-order chi connectivity index (χ1) is 8.91. The van der Waals surface area contributed by atoms with Gasteiger partial charge in [0.15, 0.2) is 0 Å². The summed E-state index contributed by atoms with van der Waals surface area (Å²) in [6, 6.07) is 4.17. The molecular weight excluding hydrogens is 240 g/mol. The largest absolute Gasteiger partial charge is 0.379 e. The van der Waals surface area contributed by atoms with Crippen LogP contribution >= 0.6 is 0 Å². The first-order valence-corrected chi connectivity index (χ1v) is 6.55. The van der Waals surface area contributed by atoms with Gasteiger partial charge in [0.2, 0.25) is 5.91 Å². The summed E-state index contributed by atoms with van der Waals surface area (Å²) < 4.78 is 5.18. The molecule has 0 saturated carbocycles. The lowest BCUT2D eigenvalue weighted by atomic mass is 9.84. The van der Waals surface area contributed by atoms with E-state index < -0.39 is 5.41 Å². The number of carbonyl (C=O) groups excluding carboxylic acids is 1. The normalized spacial score (nSPS) is 16.9. The Balaban J connectivity index is 2.31. The molecule has 0 aliphatic carbocycles. The Bertz CT molecular complexity index is 502. The fourth-order valence-electron chi connectivity index (χ4n) is 2.45. The summed E-state index contributed by atoms with van der Waals surface area (Å²) in [7, 11) is 1.81. The van der Waals surface area contributed by atoms with E-state index in [1.54, 1.807) is 4.90 Å². The molecule has 104 valence electrons. The Hall–Kier alpha value is -1.39. The van der Waals surface area contributed by atoms with Gasteiger partial charge >= 0.3 is 0 Å². The molecule has 1 fully saturated rings. The number of anilines is 1. The number of aryl methyl sites for hydroxylation is 3. The van der Waals surface area contributed by atoms with Gasteiger partial charge in [-0.05, 0) is 43.5 Å². The second-order valence-corrected chi connectivity index (χ2v) is 5.56. The van der Waals surface area contributed by atoms with E-state index in [2.05, 4.69) is 26.0 Å². The molecule has 0 radical (unpaired) electrons. The van der Waals surface area contributed by atoms with Gasteiger partial charge in [-0.3, -0.25) is 4.79 Å². The summed E-state index contributed by atoms with van der Waals surface area (Å²) in [5.74, 6) is 0.0487. The van der Waals surface area contributed by atoms with E-state index in [0.29, 0.717) is 19.8 Å². The molecule has 2 N–H and O–H groups in total. The molecule has 0 unspecified atom stereocenters. The Labute approximate surface area is 114 Å². The van der Waals surface area contributed by atoms with Gasteiger partial charge in [0.1, 0.15) is 5.41 Å². The number of nitrogens with zero attached hydrogens (tertiary/aromatic N) is 1. The molecule has 1 saturated heterocycles. The molecule has 2 rings (SSSR count). The van der Waals surface area contributed by atoms with Crippen LogP contribution in [0, 0.1) is 26.2 Å². The Kier molecular flexibility index (Phi) is 3.65. The van der Waals surface area contributed by atoms with Gasteiger partial charge in [-0.25, -0.2) is 0 Å². The summed E-state index contributed by atoms with van der Waals surface area (Å²) in [6.07, 6.45) is 0. The van der Waals surface area contributed by atoms with Crippen LogP contribution in [0.25, 0.3) is 0 Å². The maximum atomic E-state index is 12.6. The zero-order valence-electron chi connectivity index (χ0n) is 12.1. The molecule has 0 bridgehead atoms. The van der Waals surface area contributed by atoms with Gasteiger partial charge in [-0.15, -0.1) is 0 Å². The van der Waals surface area contributed by atoms with Crippen LogP contribution in [0.3, 0.4) is 0 Å². The zero-order chi connectivity index (χ0) is 14.2. The highest BCUT2D eigenvalue weighted by Gasteiger charge is 2.46. The van der Waals surface area contributed by atoms with Crippen LogP contribution in [0.15, 0.2) is 12.1 Å². The molecular formula is C15H22N2O2. The van der Waals surface area contributed by atoms with Gasteiger partial charge < -0.3 is 15.4 Å². The number of nitrogens with two attached hydrogens (primary N) is 1. The lowest BCUT2D eigenvalue weighted by molar-refractivity contribution is -0.156. The van der Waals surface area contributed by atoms with Crippen LogP contribution in [0.5, 0.6) is 0 Å². The van der Waals surface area contributed by atoms with Crippen molar-refractivity contribution in [2.75, 3.05) is 31.7 Å². The molecule has 4 nitrogen and oxygen atoms in total. The Morgan fingerprint density at radius 1 is 1.26 bits per heavy atom. The molecule has 1 aliphatic heterocycles. The van der Waals surface area contributed by atoms with Crippen molar-refractivity contribution in [3.63, 3.8) is 0 Å². The molecule has 0 atom stereocenters. The molecule has 1 aromatic carbocycles. The first kappa shape index (κ1) is 14.0. The van der Waals surface area contributed by atoms with E-state index in [1.807, 2.05) is 14.0 Å². The summed E-state index contributed by atoms with van der Waals surface area (Å²) in [5.41, 5.74) is 9.70. The van der Waals surface area contributed by atoms with Gasteiger partial charge in [0, 0.05) is 19.3 Å². The van der Waals surface area contributed by atoms with Crippen molar-refractivity contribution in [3.05, 3.63) is 28.8 Å². The summed E-state index contributed by atoms with van der Waals surface area (Å²) in [5, 5.41) is 0. The van der Waals surface area contributed by atoms with Gasteiger partial charge in [-0.1, -0.05) is 6.07 Å². The van der Waals surface area contributed by atoms with Gasteiger partial charge in [0.05, 0.1) is 13.2 Å². The molecule has 1 amide bonds. The monoisotopic (exact) mass is 262 g/mol. The zero-order valence-corrected chi connectivity index (χ0v) is 12.1. The number of ether oxygens (including phenoxy) is 1. The maximum Gasteiger partial charge on any atom is 0.238 e. The van der Waals surface area contributed by atoms with E-state index >= 15 is 0 Å². The van der Waals surface area contributed by atoms with Crippen LogP contribution in [-0.4, -0.2) is 32.7 Å². The van der Waals surface area contributed by atoms with E-state index in [4.69, 9.17) is 10.5 Å². The number of hydrogen-bond donors (Lipinski definition) is 1. The van der Waals surface area contributed by atoms with Gasteiger partial charge in [0.25, 0.3) is 0 Å². The first-order valence-electron chi connectivity index (χ1n) is 6.55. The summed E-state index contributed by atoms with van der Waals surface area (Å²) >= 11 is 0. The highest BCUT2D eigenvalue weighted by Crippen LogP contribution is 2.32. The average Bonchev–Trinajstić information content (AvgIpc) is 2.32. The SMILES string of the molecule is Cc1cc(C)c(N(C)C(=O)C2(CN)COC2)cc1C. The van der Waals surface area contributed by atoms with Crippen molar-refractivity contribution in [1.82, 2.24) is 0 Å². The minimum absolute atomic E-state index is 0.0487. The fourth-order valence-corrected chi connectivity index (χ4v) is 2.45. The highest BCUT2D eigenvalue weighted by molar-refractivity contribution is 5.98. The van der Waals surface area contributed by atoms with Crippen molar-refractivity contribution in [1.29, 1.82) is 0 Å². The van der Waals surface area contributed by atoms with E-state index in [0.717, 1.165) is 11.3 Å². The third-order valence-electron chi connectivity index (χ3n) is 4.08.